The molecule has 0 saturated heterocycles. The van der Waals surface area contributed by atoms with Crippen LogP contribution in [-0.4, -0.2) is 16.2 Å². The molecule has 0 heterocycles. The van der Waals surface area contributed by atoms with Crippen LogP contribution in [0.25, 0.3) is 11.1 Å². The van der Waals surface area contributed by atoms with Crippen LogP contribution in [0.2, 0.25) is 0 Å². The minimum Gasteiger partial charge on any atom is -0.507 e. The minimum atomic E-state index is -1.10. The number of carboxylic acids is 1. The van der Waals surface area contributed by atoms with E-state index in [-0.39, 0.29) is 11.3 Å². The van der Waals surface area contributed by atoms with Gasteiger partial charge in [0.05, 0.1) is 0 Å². The van der Waals surface area contributed by atoms with Gasteiger partial charge in [0, 0.05) is 0 Å². The van der Waals surface area contributed by atoms with Gasteiger partial charge in [-0.2, -0.15) is 0 Å². The van der Waals surface area contributed by atoms with Crippen molar-refractivity contribution in [1.29, 1.82) is 0 Å². The Balaban J connectivity index is 2.26. The zero-order valence-electron chi connectivity index (χ0n) is 8.97. The van der Waals surface area contributed by atoms with Crippen LogP contribution in [-0.2, 0) is 6.42 Å². The van der Waals surface area contributed by atoms with Gasteiger partial charge in [-0.3, -0.25) is 0 Å². The number of rotatable bonds is 1. The average Bonchev–Trinajstić information content (AvgIpc) is 2.64. The molecular weight excluding hydrogens is 216 g/mol. The molecule has 2 aromatic rings. The maximum Gasteiger partial charge on any atom is 0.339 e. The van der Waals surface area contributed by atoms with Gasteiger partial charge < -0.3 is 10.2 Å². The van der Waals surface area contributed by atoms with Gasteiger partial charge in [0.25, 0.3) is 0 Å². The fraction of sp³-hybridized carbons (Fsp3) is 0.0714. The van der Waals surface area contributed by atoms with E-state index in [0.717, 1.165) is 23.1 Å². The topological polar surface area (TPSA) is 57.5 Å². The number of hydrogen-bond acceptors (Lipinski definition) is 2. The van der Waals surface area contributed by atoms with Crippen LogP contribution in [0.1, 0.15) is 21.5 Å². The second kappa shape index (κ2) is 3.35. The summed E-state index contributed by atoms with van der Waals surface area (Å²) in [6, 6.07) is 11.0. The lowest BCUT2D eigenvalue weighted by Crippen LogP contribution is -1.97. The van der Waals surface area contributed by atoms with E-state index in [4.69, 9.17) is 5.11 Å². The predicted molar refractivity (Wildman–Crippen MR) is 63.3 cm³/mol. The first kappa shape index (κ1) is 9.90. The standard InChI is InChI=1S/C14H10O3/c15-13-6-9-5-8-3-1-2-4-10(8)11(9)7-12(13)14(16)17/h1-4,6-7,15H,5H2,(H,16,17). The molecule has 2 N–H and O–H groups in total. The Morgan fingerprint density at radius 2 is 1.82 bits per heavy atom. The van der Waals surface area contributed by atoms with Gasteiger partial charge in [-0.1, -0.05) is 24.3 Å². The molecule has 17 heavy (non-hydrogen) atoms. The van der Waals surface area contributed by atoms with Crippen LogP contribution >= 0.6 is 0 Å². The summed E-state index contributed by atoms with van der Waals surface area (Å²) >= 11 is 0. The fourth-order valence-electron chi connectivity index (χ4n) is 2.34. The summed E-state index contributed by atoms with van der Waals surface area (Å²) in [5.74, 6) is -1.27. The van der Waals surface area contributed by atoms with Gasteiger partial charge in [-0.25, -0.2) is 4.79 Å². The highest BCUT2D eigenvalue weighted by Gasteiger charge is 2.21. The largest absolute Gasteiger partial charge is 0.507 e. The molecule has 0 bridgehead atoms. The molecule has 1 aliphatic carbocycles. The Bertz CT molecular complexity index is 629. The van der Waals surface area contributed by atoms with Gasteiger partial charge >= 0.3 is 5.97 Å². The highest BCUT2D eigenvalue weighted by atomic mass is 16.4. The molecule has 0 amide bonds. The second-order valence-electron chi connectivity index (χ2n) is 4.17. The second-order valence-corrected chi connectivity index (χ2v) is 4.17. The number of aromatic hydroxyl groups is 1. The summed E-state index contributed by atoms with van der Waals surface area (Å²) < 4.78 is 0. The molecule has 3 heteroatoms. The van der Waals surface area contributed by atoms with Crippen molar-refractivity contribution < 1.29 is 15.0 Å². The minimum absolute atomic E-state index is 0.0412. The van der Waals surface area contributed by atoms with E-state index in [0.29, 0.717) is 0 Å². The predicted octanol–water partition coefficient (Wildman–Crippen LogP) is 2.66. The Kier molecular flexibility index (Phi) is 1.95. The monoisotopic (exact) mass is 226 g/mol. The van der Waals surface area contributed by atoms with Crippen molar-refractivity contribution in [2.45, 2.75) is 6.42 Å². The summed E-state index contributed by atoms with van der Waals surface area (Å²) in [7, 11) is 0. The number of hydrogen-bond donors (Lipinski definition) is 2. The lowest BCUT2D eigenvalue weighted by atomic mass is 10.0. The Morgan fingerprint density at radius 3 is 2.59 bits per heavy atom. The van der Waals surface area contributed by atoms with E-state index in [1.165, 1.54) is 5.56 Å². The average molecular weight is 226 g/mol. The summed E-state index contributed by atoms with van der Waals surface area (Å²) in [5.41, 5.74) is 4.08. The molecule has 3 rings (SSSR count). The normalized spacial score (nSPS) is 12.0. The molecular formula is C14H10O3. The first-order chi connectivity index (χ1) is 8.16. The summed E-state index contributed by atoms with van der Waals surface area (Å²) in [5, 5.41) is 18.6. The quantitative estimate of drug-likeness (QED) is 0.670. The van der Waals surface area contributed by atoms with Gasteiger partial charge in [-0.15, -0.1) is 0 Å². The zero-order chi connectivity index (χ0) is 12.0. The van der Waals surface area contributed by atoms with Gasteiger partial charge in [0.15, 0.2) is 0 Å². The van der Waals surface area contributed by atoms with Crippen LogP contribution in [0, 0.1) is 0 Å². The molecule has 1 aliphatic rings. The maximum absolute atomic E-state index is 11.0. The molecule has 84 valence electrons. The smallest absolute Gasteiger partial charge is 0.339 e. The third-order valence-corrected chi connectivity index (χ3v) is 3.14. The van der Waals surface area contributed by atoms with E-state index in [9.17, 15) is 9.90 Å². The molecule has 0 aliphatic heterocycles. The molecule has 2 aromatic carbocycles. The van der Waals surface area contributed by atoms with E-state index < -0.39 is 5.97 Å². The molecule has 0 aromatic heterocycles. The van der Waals surface area contributed by atoms with Crippen LogP contribution in [0.4, 0.5) is 0 Å². The number of carboxylic acid groups (broad SMARTS) is 1. The number of aromatic carboxylic acids is 1. The third-order valence-electron chi connectivity index (χ3n) is 3.14. The Hall–Kier alpha value is -2.29. The van der Waals surface area contributed by atoms with Crippen molar-refractivity contribution in [3.8, 4) is 16.9 Å². The number of fused-ring (bicyclic) bond motifs is 3. The van der Waals surface area contributed by atoms with Crippen LogP contribution in [0.3, 0.4) is 0 Å². The van der Waals surface area contributed by atoms with Crippen molar-refractivity contribution in [3.63, 3.8) is 0 Å². The van der Waals surface area contributed by atoms with E-state index in [2.05, 4.69) is 0 Å². The van der Waals surface area contributed by atoms with Gasteiger partial charge in [0.1, 0.15) is 11.3 Å². The lowest BCUT2D eigenvalue weighted by molar-refractivity contribution is 0.0694. The Labute approximate surface area is 98.0 Å². The van der Waals surface area contributed by atoms with Crippen LogP contribution in [0.15, 0.2) is 36.4 Å². The Morgan fingerprint density at radius 1 is 1.06 bits per heavy atom. The van der Waals surface area contributed by atoms with E-state index in [1.54, 1.807) is 12.1 Å². The molecule has 0 spiro atoms. The zero-order valence-corrected chi connectivity index (χ0v) is 8.97. The summed E-state index contributed by atoms with van der Waals surface area (Å²) in [4.78, 5) is 11.0. The van der Waals surface area contributed by atoms with Crippen molar-refractivity contribution in [2.75, 3.05) is 0 Å². The molecule has 0 unspecified atom stereocenters. The number of carbonyl (C=O) groups is 1. The van der Waals surface area contributed by atoms with Gasteiger partial charge in [0.2, 0.25) is 0 Å². The SMILES string of the molecule is O=C(O)c1cc2c(cc1O)Cc1ccccc1-2. The van der Waals surface area contributed by atoms with Crippen molar-refractivity contribution >= 4 is 5.97 Å². The van der Waals surface area contributed by atoms with Crippen LogP contribution < -0.4 is 0 Å². The van der Waals surface area contributed by atoms with Crippen molar-refractivity contribution in [3.05, 3.63) is 53.1 Å². The maximum atomic E-state index is 11.0. The molecule has 3 nitrogen and oxygen atoms in total. The van der Waals surface area contributed by atoms with E-state index >= 15 is 0 Å². The lowest BCUT2D eigenvalue weighted by Gasteiger charge is -2.05. The highest BCUT2D eigenvalue weighted by Crippen LogP contribution is 2.39. The number of phenols is 1. The van der Waals surface area contributed by atoms with Gasteiger partial charge in [-0.05, 0) is 40.8 Å². The first-order valence-corrected chi connectivity index (χ1v) is 5.34. The highest BCUT2D eigenvalue weighted by molar-refractivity contribution is 5.94. The summed E-state index contributed by atoms with van der Waals surface area (Å²) in [6.45, 7) is 0. The molecule has 0 fully saturated rings. The fourth-order valence-corrected chi connectivity index (χ4v) is 2.34. The van der Waals surface area contributed by atoms with E-state index in [1.807, 2.05) is 24.3 Å². The summed E-state index contributed by atoms with van der Waals surface area (Å²) in [6.07, 6.45) is 0.749. The molecule has 0 atom stereocenters. The van der Waals surface area contributed by atoms with Crippen molar-refractivity contribution in [2.24, 2.45) is 0 Å². The molecule has 0 radical (unpaired) electrons. The molecule has 0 saturated carbocycles. The van der Waals surface area contributed by atoms with Crippen LogP contribution in [0.5, 0.6) is 5.75 Å². The third kappa shape index (κ3) is 1.40. The van der Waals surface area contributed by atoms with Crippen molar-refractivity contribution in [1.82, 2.24) is 0 Å². The first-order valence-electron chi connectivity index (χ1n) is 5.34. The number of benzene rings is 2.